The SMILES string of the molecule is CCC(C)(C)CC[C@]1(CNC(=O)OC(C)(C)C)CC[C@H](C)C2(C1)OC2CO. The zero-order valence-electron chi connectivity index (χ0n) is 18.5. The molecule has 2 unspecified atom stereocenters. The number of epoxide rings is 1. The van der Waals surface area contributed by atoms with Gasteiger partial charge in [-0.25, -0.2) is 4.79 Å². The van der Waals surface area contributed by atoms with Crippen molar-refractivity contribution in [1.29, 1.82) is 0 Å². The topological polar surface area (TPSA) is 71.1 Å². The largest absolute Gasteiger partial charge is 0.444 e. The number of aliphatic hydroxyl groups excluding tert-OH is 1. The molecule has 0 bridgehead atoms. The third-order valence-electron chi connectivity index (χ3n) is 6.90. The standard InChI is InChI=1S/C22H41NO4/c1-8-20(6,7)11-12-21(15-23-18(25)27-19(3,4)5)10-9-16(2)22(14-21)17(13-24)26-22/h16-17,24H,8-15H2,1-7H3,(H,23,25)/t16-,17?,21+,22?/m0/s1. The minimum atomic E-state index is -0.495. The number of aliphatic hydroxyl groups is 1. The van der Waals surface area contributed by atoms with Gasteiger partial charge >= 0.3 is 6.09 Å². The van der Waals surface area contributed by atoms with Gasteiger partial charge in [0, 0.05) is 6.54 Å². The number of carbonyl (C=O) groups excluding carboxylic acids is 1. The van der Waals surface area contributed by atoms with Gasteiger partial charge in [0.1, 0.15) is 17.3 Å². The Morgan fingerprint density at radius 2 is 1.96 bits per heavy atom. The van der Waals surface area contributed by atoms with Crippen LogP contribution in [0.3, 0.4) is 0 Å². The van der Waals surface area contributed by atoms with E-state index in [0.717, 1.165) is 38.5 Å². The van der Waals surface area contributed by atoms with Crippen molar-refractivity contribution in [1.82, 2.24) is 5.32 Å². The van der Waals surface area contributed by atoms with Crippen molar-refractivity contribution in [3.8, 4) is 0 Å². The van der Waals surface area contributed by atoms with Crippen LogP contribution in [0.1, 0.15) is 87.0 Å². The molecule has 0 aromatic heterocycles. The molecule has 158 valence electrons. The summed E-state index contributed by atoms with van der Waals surface area (Å²) in [6, 6.07) is 0. The summed E-state index contributed by atoms with van der Waals surface area (Å²) >= 11 is 0. The Labute approximate surface area is 165 Å². The monoisotopic (exact) mass is 383 g/mol. The minimum Gasteiger partial charge on any atom is -0.444 e. The first kappa shape index (κ1) is 22.5. The fraction of sp³-hybridized carbons (Fsp3) is 0.955. The highest BCUT2D eigenvalue weighted by atomic mass is 16.6. The summed E-state index contributed by atoms with van der Waals surface area (Å²) in [7, 11) is 0. The molecule has 2 rings (SSSR count). The van der Waals surface area contributed by atoms with Crippen LogP contribution in [0, 0.1) is 16.7 Å². The number of carbonyl (C=O) groups is 1. The second-order valence-electron chi connectivity index (χ2n) is 10.7. The Kier molecular flexibility index (Phi) is 6.58. The number of alkyl carbamates (subject to hydrolysis) is 1. The van der Waals surface area contributed by atoms with E-state index in [1.54, 1.807) is 0 Å². The molecule has 1 saturated carbocycles. The van der Waals surface area contributed by atoms with E-state index in [1.165, 1.54) is 0 Å². The van der Waals surface area contributed by atoms with Gasteiger partial charge in [-0.2, -0.15) is 0 Å². The Morgan fingerprint density at radius 3 is 2.48 bits per heavy atom. The van der Waals surface area contributed by atoms with Gasteiger partial charge in [0.05, 0.1) is 6.61 Å². The average Bonchev–Trinajstić information content (AvgIpc) is 3.27. The molecule has 4 atom stereocenters. The normalized spacial score (nSPS) is 33.8. The Balaban J connectivity index is 2.11. The van der Waals surface area contributed by atoms with Gasteiger partial charge in [0.2, 0.25) is 0 Å². The minimum absolute atomic E-state index is 0.000224. The van der Waals surface area contributed by atoms with E-state index >= 15 is 0 Å². The molecule has 2 aliphatic rings. The third kappa shape index (κ3) is 5.60. The number of hydrogen-bond donors (Lipinski definition) is 2. The van der Waals surface area contributed by atoms with Crippen molar-refractivity contribution in [2.75, 3.05) is 13.2 Å². The van der Waals surface area contributed by atoms with Gasteiger partial charge in [0.25, 0.3) is 0 Å². The molecule has 2 fully saturated rings. The zero-order chi connectivity index (χ0) is 20.5. The Hall–Kier alpha value is -0.810. The second kappa shape index (κ2) is 7.90. The zero-order valence-corrected chi connectivity index (χ0v) is 18.5. The number of amides is 1. The molecule has 1 aliphatic heterocycles. The summed E-state index contributed by atoms with van der Waals surface area (Å²) < 4.78 is 11.5. The van der Waals surface area contributed by atoms with Gasteiger partial charge in [0.15, 0.2) is 0 Å². The molecule has 0 radical (unpaired) electrons. The lowest BCUT2D eigenvalue weighted by atomic mass is 9.61. The van der Waals surface area contributed by atoms with Crippen LogP contribution in [0.4, 0.5) is 4.79 Å². The summed E-state index contributed by atoms with van der Waals surface area (Å²) in [6.45, 7) is 15.4. The Bertz CT molecular complexity index is 527. The molecule has 0 aromatic carbocycles. The molecule has 0 aromatic rings. The van der Waals surface area contributed by atoms with Crippen molar-refractivity contribution in [2.45, 2.75) is 104 Å². The van der Waals surface area contributed by atoms with Crippen molar-refractivity contribution in [3.63, 3.8) is 0 Å². The predicted octanol–water partition coefficient (Wildman–Crippen LogP) is 4.66. The average molecular weight is 384 g/mol. The highest BCUT2D eigenvalue weighted by molar-refractivity contribution is 5.67. The van der Waals surface area contributed by atoms with Gasteiger partial charge in [-0.3, -0.25) is 0 Å². The third-order valence-corrected chi connectivity index (χ3v) is 6.90. The smallest absolute Gasteiger partial charge is 0.407 e. The molecule has 1 heterocycles. The van der Waals surface area contributed by atoms with Crippen LogP contribution in [0.25, 0.3) is 0 Å². The van der Waals surface area contributed by atoms with Crippen LogP contribution >= 0.6 is 0 Å². The number of ether oxygens (including phenoxy) is 2. The summed E-state index contributed by atoms with van der Waals surface area (Å²) in [6.07, 6.45) is 5.97. The second-order valence-corrected chi connectivity index (χ2v) is 10.7. The predicted molar refractivity (Wildman–Crippen MR) is 108 cm³/mol. The van der Waals surface area contributed by atoms with E-state index in [2.05, 4.69) is 33.0 Å². The number of hydrogen-bond acceptors (Lipinski definition) is 4. The molecule has 2 N–H and O–H groups in total. The maximum Gasteiger partial charge on any atom is 0.407 e. The molecule has 5 nitrogen and oxygen atoms in total. The lowest BCUT2D eigenvalue weighted by Gasteiger charge is -2.45. The van der Waals surface area contributed by atoms with Crippen LogP contribution in [0.15, 0.2) is 0 Å². The summed E-state index contributed by atoms with van der Waals surface area (Å²) in [4.78, 5) is 12.3. The van der Waals surface area contributed by atoms with Crippen LogP contribution in [-0.4, -0.2) is 41.7 Å². The maximum atomic E-state index is 12.3. The van der Waals surface area contributed by atoms with Crippen LogP contribution in [0.5, 0.6) is 0 Å². The van der Waals surface area contributed by atoms with E-state index in [1.807, 2.05) is 20.8 Å². The number of nitrogens with one attached hydrogen (secondary N) is 1. The molecular formula is C22H41NO4. The van der Waals surface area contributed by atoms with Gasteiger partial charge in [-0.05, 0) is 69.6 Å². The van der Waals surface area contributed by atoms with Crippen molar-refractivity contribution in [3.05, 3.63) is 0 Å². The van der Waals surface area contributed by atoms with Crippen molar-refractivity contribution in [2.24, 2.45) is 16.7 Å². The first-order valence-corrected chi connectivity index (χ1v) is 10.6. The van der Waals surface area contributed by atoms with E-state index in [9.17, 15) is 9.90 Å². The molecule has 1 aliphatic carbocycles. The van der Waals surface area contributed by atoms with Gasteiger partial charge < -0.3 is 19.9 Å². The van der Waals surface area contributed by atoms with Crippen molar-refractivity contribution < 1.29 is 19.4 Å². The van der Waals surface area contributed by atoms with E-state index in [4.69, 9.17) is 9.47 Å². The quantitative estimate of drug-likeness (QED) is 0.627. The molecule has 27 heavy (non-hydrogen) atoms. The van der Waals surface area contributed by atoms with Crippen LogP contribution in [-0.2, 0) is 9.47 Å². The first-order chi connectivity index (χ1) is 12.4. The van der Waals surface area contributed by atoms with Crippen LogP contribution < -0.4 is 5.32 Å². The van der Waals surface area contributed by atoms with Gasteiger partial charge in [-0.15, -0.1) is 0 Å². The van der Waals surface area contributed by atoms with Crippen molar-refractivity contribution >= 4 is 6.09 Å². The molecule has 5 heteroatoms. The highest BCUT2D eigenvalue weighted by Crippen LogP contribution is 2.58. The summed E-state index contributed by atoms with van der Waals surface area (Å²) in [5, 5.41) is 12.7. The van der Waals surface area contributed by atoms with E-state index in [0.29, 0.717) is 12.5 Å². The maximum absolute atomic E-state index is 12.3. The molecular weight excluding hydrogens is 342 g/mol. The first-order valence-electron chi connectivity index (χ1n) is 10.6. The van der Waals surface area contributed by atoms with E-state index < -0.39 is 5.60 Å². The fourth-order valence-corrected chi connectivity index (χ4v) is 4.43. The molecule has 1 amide bonds. The van der Waals surface area contributed by atoms with Crippen LogP contribution in [0.2, 0.25) is 0 Å². The van der Waals surface area contributed by atoms with E-state index in [-0.39, 0.29) is 35.2 Å². The number of rotatable bonds is 7. The lowest BCUT2D eigenvalue weighted by Crippen LogP contribution is -2.48. The molecule has 1 saturated heterocycles. The molecule has 1 spiro atoms. The lowest BCUT2D eigenvalue weighted by molar-refractivity contribution is 0.0294. The van der Waals surface area contributed by atoms with Gasteiger partial charge in [-0.1, -0.05) is 34.1 Å². The highest BCUT2D eigenvalue weighted by Gasteiger charge is 2.64. The Morgan fingerprint density at radius 1 is 1.30 bits per heavy atom. The summed E-state index contributed by atoms with van der Waals surface area (Å²) in [5.74, 6) is 0.448. The fourth-order valence-electron chi connectivity index (χ4n) is 4.43. The summed E-state index contributed by atoms with van der Waals surface area (Å²) in [5.41, 5.74) is -0.417.